The van der Waals surface area contributed by atoms with Crippen LogP contribution in [0.3, 0.4) is 0 Å². The molecule has 0 fully saturated rings. The van der Waals surface area contributed by atoms with Gasteiger partial charge in [-0.3, -0.25) is 9.59 Å². The molecule has 0 unspecified atom stereocenters. The number of aryl methyl sites for hydroxylation is 1. The molecule has 0 saturated heterocycles. The van der Waals surface area contributed by atoms with Crippen molar-refractivity contribution in [2.75, 3.05) is 20.8 Å². The van der Waals surface area contributed by atoms with Gasteiger partial charge in [-0.2, -0.15) is 0 Å². The monoisotopic (exact) mass is 383 g/mol. The third-order valence-corrected chi connectivity index (χ3v) is 4.87. The zero-order valence-electron chi connectivity index (χ0n) is 16.2. The van der Waals surface area contributed by atoms with Crippen molar-refractivity contribution < 1.29 is 23.8 Å². The molecule has 0 radical (unpaired) electrons. The molecule has 0 bridgehead atoms. The lowest BCUT2D eigenvalue weighted by Crippen LogP contribution is -2.34. The average Bonchev–Trinajstić information content (AvgIpc) is 2.72. The third-order valence-electron chi connectivity index (χ3n) is 4.87. The van der Waals surface area contributed by atoms with Crippen molar-refractivity contribution in [1.82, 2.24) is 5.32 Å². The summed E-state index contributed by atoms with van der Waals surface area (Å²) >= 11 is 0. The molecule has 0 heterocycles. The minimum atomic E-state index is -0.466. The molecule has 1 atom stereocenters. The molecule has 1 aliphatic carbocycles. The molecule has 0 aromatic heterocycles. The van der Waals surface area contributed by atoms with Crippen molar-refractivity contribution in [3.63, 3.8) is 0 Å². The number of benzene rings is 2. The second-order valence-corrected chi connectivity index (χ2v) is 6.74. The van der Waals surface area contributed by atoms with E-state index in [2.05, 4.69) is 11.4 Å². The number of esters is 1. The van der Waals surface area contributed by atoms with Gasteiger partial charge in [-0.05, 0) is 48.1 Å². The SMILES string of the molecule is COc1ccc(CC(=O)OCC(=O)N[C@H]2CCCc3ccccc32)cc1OC. The number of amides is 1. The molecule has 28 heavy (non-hydrogen) atoms. The van der Waals surface area contributed by atoms with E-state index in [1.807, 2.05) is 18.2 Å². The summed E-state index contributed by atoms with van der Waals surface area (Å²) in [5.41, 5.74) is 3.15. The van der Waals surface area contributed by atoms with E-state index >= 15 is 0 Å². The lowest BCUT2D eigenvalue weighted by molar-refractivity contribution is -0.148. The molecule has 0 saturated carbocycles. The first-order chi connectivity index (χ1) is 13.6. The van der Waals surface area contributed by atoms with Crippen LogP contribution < -0.4 is 14.8 Å². The van der Waals surface area contributed by atoms with Gasteiger partial charge in [0.25, 0.3) is 5.91 Å². The Hall–Kier alpha value is -3.02. The van der Waals surface area contributed by atoms with Gasteiger partial charge in [0.05, 0.1) is 26.7 Å². The van der Waals surface area contributed by atoms with Crippen LogP contribution in [-0.4, -0.2) is 32.7 Å². The predicted octanol–water partition coefficient (Wildman–Crippen LogP) is 2.98. The van der Waals surface area contributed by atoms with Crippen molar-refractivity contribution in [3.05, 3.63) is 59.2 Å². The molecule has 0 spiro atoms. The quantitative estimate of drug-likeness (QED) is 0.744. The minimum absolute atomic E-state index is 0.0259. The Labute approximate surface area is 164 Å². The van der Waals surface area contributed by atoms with Gasteiger partial charge in [-0.1, -0.05) is 30.3 Å². The minimum Gasteiger partial charge on any atom is -0.493 e. The van der Waals surface area contributed by atoms with Crippen LogP contribution in [0.1, 0.15) is 35.6 Å². The standard InChI is InChI=1S/C22H25NO5/c1-26-19-11-10-15(12-20(19)27-2)13-22(25)28-14-21(24)23-18-9-5-7-16-6-3-4-8-17(16)18/h3-4,6,8,10-12,18H,5,7,9,13-14H2,1-2H3,(H,23,24)/t18-/m0/s1. The molecular weight excluding hydrogens is 358 g/mol. The van der Waals surface area contributed by atoms with Gasteiger partial charge in [0, 0.05) is 0 Å². The Morgan fingerprint density at radius 3 is 2.64 bits per heavy atom. The number of hydrogen-bond donors (Lipinski definition) is 1. The van der Waals surface area contributed by atoms with Gasteiger partial charge < -0.3 is 19.5 Å². The van der Waals surface area contributed by atoms with Crippen LogP contribution in [0.25, 0.3) is 0 Å². The number of rotatable bonds is 7. The zero-order chi connectivity index (χ0) is 19.9. The molecular formula is C22H25NO5. The van der Waals surface area contributed by atoms with Crippen molar-refractivity contribution in [2.24, 2.45) is 0 Å². The van der Waals surface area contributed by atoms with E-state index in [-0.39, 0.29) is 25.0 Å². The Bertz CT molecular complexity index is 849. The number of carbonyl (C=O) groups is 2. The predicted molar refractivity (Wildman–Crippen MR) is 104 cm³/mol. The van der Waals surface area contributed by atoms with Crippen LogP contribution in [-0.2, 0) is 27.2 Å². The van der Waals surface area contributed by atoms with Gasteiger partial charge in [-0.25, -0.2) is 0 Å². The summed E-state index contributed by atoms with van der Waals surface area (Å²) in [7, 11) is 3.09. The molecule has 3 rings (SSSR count). The third kappa shape index (κ3) is 4.82. The lowest BCUT2D eigenvalue weighted by Gasteiger charge is -2.26. The molecule has 148 valence electrons. The van der Waals surface area contributed by atoms with Crippen molar-refractivity contribution in [3.8, 4) is 11.5 Å². The van der Waals surface area contributed by atoms with E-state index < -0.39 is 5.97 Å². The molecule has 1 N–H and O–H groups in total. The first-order valence-electron chi connectivity index (χ1n) is 9.34. The molecule has 6 heteroatoms. The fraction of sp³-hybridized carbons (Fsp3) is 0.364. The zero-order valence-corrected chi connectivity index (χ0v) is 16.2. The number of fused-ring (bicyclic) bond motifs is 1. The molecule has 0 aliphatic heterocycles. The van der Waals surface area contributed by atoms with Crippen LogP contribution >= 0.6 is 0 Å². The second-order valence-electron chi connectivity index (χ2n) is 6.74. The van der Waals surface area contributed by atoms with E-state index in [9.17, 15) is 9.59 Å². The van der Waals surface area contributed by atoms with Crippen LogP contribution in [0.5, 0.6) is 11.5 Å². The van der Waals surface area contributed by atoms with Crippen LogP contribution in [0.2, 0.25) is 0 Å². The number of hydrogen-bond acceptors (Lipinski definition) is 5. The molecule has 1 aliphatic rings. The summed E-state index contributed by atoms with van der Waals surface area (Å²) in [4.78, 5) is 24.3. The number of ether oxygens (including phenoxy) is 3. The van der Waals surface area contributed by atoms with Gasteiger partial charge in [0.2, 0.25) is 0 Å². The van der Waals surface area contributed by atoms with E-state index in [1.54, 1.807) is 25.3 Å². The normalized spacial score (nSPS) is 15.3. The highest BCUT2D eigenvalue weighted by molar-refractivity contribution is 5.81. The molecule has 2 aromatic carbocycles. The largest absolute Gasteiger partial charge is 0.493 e. The van der Waals surface area contributed by atoms with E-state index in [0.29, 0.717) is 11.5 Å². The Kier molecular flexibility index (Phi) is 6.53. The fourth-order valence-corrected chi connectivity index (χ4v) is 3.49. The van der Waals surface area contributed by atoms with Gasteiger partial charge >= 0.3 is 5.97 Å². The highest BCUT2D eigenvalue weighted by atomic mass is 16.5. The maximum atomic E-state index is 12.2. The Balaban J connectivity index is 1.50. The van der Waals surface area contributed by atoms with Gasteiger partial charge in [0.1, 0.15) is 0 Å². The van der Waals surface area contributed by atoms with Crippen LogP contribution in [0, 0.1) is 0 Å². The second kappa shape index (κ2) is 9.26. The van der Waals surface area contributed by atoms with Gasteiger partial charge in [0.15, 0.2) is 18.1 Å². The van der Waals surface area contributed by atoms with E-state index in [4.69, 9.17) is 14.2 Å². The molecule has 6 nitrogen and oxygen atoms in total. The van der Waals surface area contributed by atoms with Gasteiger partial charge in [-0.15, -0.1) is 0 Å². The van der Waals surface area contributed by atoms with Crippen LogP contribution in [0.4, 0.5) is 0 Å². The number of carbonyl (C=O) groups excluding carboxylic acids is 2. The fourth-order valence-electron chi connectivity index (χ4n) is 3.49. The van der Waals surface area contributed by atoms with E-state index in [0.717, 1.165) is 30.4 Å². The summed E-state index contributed by atoms with van der Waals surface area (Å²) in [5.74, 6) is 0.377. The van der Waals surface area contributed by atoms with Crippen LogP contribution in [0.15, 0.2) is 42.5 Å². The Morgan fingerprint density at radius 2 is 1.86 bits per heavy atom. The highest BCUT2D eigenvalue weighted by Crippen LogP contribution is 2.29. The molecule has 2 aromatic rings. The van der Waals surface area contributed by atoms with Crippen molar-refractivity contribution in [1.29, 1.82) is 0 Å². The topological polar surface area (TPSA) is 73.9 Å². The summed E-state index contributed by atoms with van der Waals surface area (Å²) < 4.78 is 15.6. The number of methoxy groups -OCH3 is 2. The lowest BCUT2D eigenvalue weighted by atomic mass is 9.88. The highest BCUT2D eigenvalue weighted by Gasteiger charge is 2.21. The number of nitrogens with one attached hydrogen (secondary N) is 1. The smallest absolute Gasteiger partial charge is 0.310 e. The average molecular weight is 383 g/mol. The van der Waals surface area contributed by atoms with Crippen molar-refractivity contribution in [2.45, 2.75) is 31.7 Å². The summed E-state index contributed by atoms with van der Waals surface area (Å²) in [6.07, 6.45) is 3.01. The maximum absolute atomic E-state index is 12.2. The first-order valence-corrected chi connectivity index (χ1v) is 9.34. The van der Waals surface area contributed by atoms with E-state index in [1.165, 1.54) is 12.7 Å². The first kappa shape index (κ1) is 19.7. The summed E-state index contributed by atoms with van der Waals surface area (Å²) in [6, 6.07) is 13.3. The Morgan fingerprint density at radius 1 is 1.07 bits per heavy atom. The summed E-state index contributed by atoms with van der Waals surface area (Å²) in [6.45, 7) is -0.287. The maximum Gasteiger partial charge on any atom is 0.310 e. The summed E-state index contributed by atoms with van der Waals surface area (Å²) in [5, 5.41) is 2.97. The molecule has 1 amide bonds. The van der Waals surface area contributed by atoms with Crippen molar-refractivity contribution >= 4 is 11.9 Å².